The summed E-state index contributed by atoms with van der Waals surface area (Å²) in [5.74, 6) is -3.03. The minimum atomic E-state index is -1.27. The van der Waals surface area contributed by atoms with Gasteiger partial charge in [-0.25, -0.2) is 4.39 Å². The van der Waals surface area contributed by atoms with Crippen molar-refractivity contribution in [2.45, 2.75) is 32.6 Å². The molecule has 2 aromatic carbocycles. The van der Waals surface area contributed by atoms with E-state index in [0.717, 1.165) is 25.3 Å². The van der Waals surface area contributed by atoms with Gasteiger partial charge in [0.2, 0.25) is 5.82 Å². The fourth-order valence-electron chi connectivity index (χ4n) is 2.28. The Morgan fingerprint density at radius 1 is 1.00 bits per heavy atom. The second kappa shape index (κ2) is 7.16. The van der Waals surface area contributed by atoms with Crippen LogP contribution in [0.3, 0.4) is 0 Å². The maximum absolute atomic E-state index is 13.8. The molecule has 0 atom stereocenters. The van der Waals surface area contributed by atoms with Gasteiger partial charge in [0.1, 0.15) is 0 Å². The number of hydrogen-bond donors (Lipinski definition) is 1. The molecule has 0 bridgehead atoms. The standard InChI is InChI=1S/C18H18F2O2/c1-2-3-4-5-15(21)13-8-6-12(7-9-13)14-10-11-16(22)18(20)17(14)19/h6-11,22H,2-5H2,1H3. The van der Waals surface area contributed by atoms with Crippen LogP contribution in [0.25, 0.3) is 11.1 Å². The lowest BCUT2D eigenvalue weighted by Gasteiger charge is -2.07. The zero-order chi connectivity index (χ0) is 16.1. The van der Waals surface area contributed by atoms with Gasteiger partial charge in [-0.15, -0.1) is 0 Å². The van der Waals surface area contributed by atoms with Crippen LogP contribution in [0.4, 0.5) is 8.78 Å². The topological polar surface area (TPSA) is 37.3 Å². The van der Waals surface area contributed by atoms with Crippen LogP contribution in [-0.4, -0.2) is 10.9 Å². The number of carbonyl (C=O) groups is 1. The lowest BCUT2D eigenvalue weighted by atomic mass is 9.99. The smallest absolute Gasteiger partial charge is 0.200 e. The molecule has 2 nitrogen and oxygen atoms in total. The van der Waals surface area contributed by atoms with Gasteiger partial charge in [-0.1, -0.05) is 44.0 Å². The van der Waals surface area contributed by atoms with Crippen LogP contribution in [-0.2, 0) is 0 Å². The molecule has 0 heterocycles. The molecule has 0 aliphatic carbocycles. The van der Waals surface area contributed by atoms with Crippen molar-refractivity contribution in [1.82, 2.24) is 0 Å². The zero-order valence-electron chi connectivity index (χ0n) is 12.4. The molecule has 0 saturated carbocycles. The van der Waals surface area contributed by atoms with Crippen molar-refractivity contribution in [3.05, 3.63) is 53.6 Å². The van der Waals surface area contributed by atoms with E-state index in [2.05, 4.69) is 6.92 Å². The third kappa shape index (κ3) is 3.50. The van der Waals surface area contributed by atoms with Gasteiger partial charge in [0.05, 0.1) is 0 Å². The molecular weight excluding hydrogens is 286 g/mol. The molecule has 2 aromatic rings. The lowest BCUT2D eigenvalue weighted by molar-refractivity contribution is 0.0979. The monoisotopic (exact) mass is 304 g/mol. The SMILES string of the molecule is CCCCCC(=O)c1ccc(-c2ccc(O)c(F)c2F)cc1. The first kappa shape index (κ1) is 16.1. The fraction of sp³-hybridized carbons (Fsp3) is 0.278. The number of carbonyl (C=O) groups excluding carboxylic acids is 1. The molecule has 0 aromatic heterocycles. The summed E-state index contributed by atoms with van der Waals surface area (Å²) in [5.41, 5.74) is 1.08. The zero-order valence-corrected chi connectivity index (χ0v) is 12.4. The van der Waals surface area contributed by atoms with Crippen LogP contribution in [0.1, 0.15) is 43.0 Å². The van der Waals surface area contributed by atoms with Crippen molar-refractivity contribution >= 4 is 5.78 Å². The summed E-state index contributed by atoms with van der Waals surface area (Å²) >= 11 is 0. The number of phenolic OH excluding ortho intramolecular Hbond substituents is 1. The van der Waals surface area contributed by atoms with Crippen LogP contribution in [0.5, 0.6) is 5.75 Å². The molecule has 4 heteroatoms. The number of ketones is 1. The van der Waals surface area contributed by atoms with Crippen molar-refractivity contribution in [3.8, 4) is 16.9 Å². The molecule has 1 N–H and O–H groups in total. The van der Waals surface area contributed by atoms with E-state index in [-0.39, 0.29) is 11.3 Å². The Labute approximate surface area is 128 Å². The van der Waals surface area contributed by atoms with Crippen molar-refractivity contribution < 1.29 is 18.7 Å². The summed E-state index contributed by atoms with van der Waals surface area (Å²) < 4.78 is 27.2. The second-order valence-electron chi connectivity index (χ2n) is 5.22. The van der Waals surface area contributed by atoms with Gasteiger partial charge in [0, 0.05) is 17.5 Å². The molecule has 0 spiro atoms. The first-order valence-electron chi connectivity index (χ1n) is 7.35. The van der Waals surface area contributed by atoms with E-state index < -0.39 is 17.4 Å². The molecule has 116 valence electrons. The highest BCUT2D eigenvalue weighted by atomic mass is 19.2. The van der Waals surface area contributed by atoms with Gasteiger partial charge in [-0.3, -0.25) is 4.79 Å². The Bertz CT molecular complexity index is 664. The number of unbranched alkanes of at least 4 members (excludes halogenated alkanes) is 2. The number of rotatable bonds is 6. The molecule has 0 fully saturated rings. The molecule has 0 aliphatic rings. The number of hydrogen-bond acceptors (Lipinski definition) is 2. The van der Waals surface area contributed by atoms with E-state index in [1.165, 1.54) is 6.07 Å². The first-order chi connectivity index (χ1) is 10.5. The molecule has 22 heavy (non-hydrogen) atoms. The van der Waals surface area contributed by atoms with Crippen LogP contribution >= 0.6 is 0 Å². The lowest BCUT2D eigenvalue weighted by Crippen LogP contribution is -1.99. The molecule has 0 unspecified atom stereocenters. The van der Waals surface area contributed by atoms with E-state index in [1.807, 2.05) is 0 Å². The molecule has 0 radical (unpaired) electrons. The molecule has 0 saturated heterocycles. The van der Waals surface area contributed by atoms with Crippen molar-refractivity contribution in [2.24, 2.45) is 0 Å². The van der Waals surface area contributed by atoms with Crippen LogP contribution < -0.4 is 0 Å². The second-order valence-corrected chi connectivity index (χ2v) is 5.22. The third-order valence-electron chi connectivity index (χ3n) is 3.59. The maximum atomic E-state index is 13.8. The molecular formula is C18H18F2O2. The summed E-state index contributed by atoms with van der Waals surface area (Å²) in [6.07, 6.45) is 3.42. The largest absolute Gasteiger partial charge is 0.505 e. The number of halogens is 2. The third-order valence-corrected chi connectivity index (χ3v) is 3.59. The number of Topliss-reactive ketones (excluding diaryl/α,β-unsaturated/α-hetero) is 1. The highest BCUT2D eigenvalue weighted by molar-refractivity contribution is 5.96. The van der Waals surface area contributed by atoms with E-state index >= 15 is 0 Å². The predicted molar refractivity (Wildman–Crippen MR) is 81.9 cm³/mol. The van der Waals surface area contributed by atoms with Gasteiger partial charge >= 0.3 is 0 Å². The van der Waals surface area contributed by atoms with Crippen LogP contribution in [0.2, 0.25) is 0 Å². The first-order valence-corrected chi connectivity index (χ1v) is 7.35. The average molecular weight is 304 g/mol. The Morgan fingerprint density at radius 3 is 2.32 bits per heavy atom. The van der Waals surface area contributed by atoms with Crippen molar-refractivity contribution in [1.29, 1.82) is 0 Å². The molecule has 0 aliphatic heterocycles. The Balaban J connectivity index is 2.19. The fourth-order valence-corrected chi connectivity index (χ4v) is 2.28. The summed E-state index contributed by atoms with van der Waals surface area (Å²) in [4.78, 5) is 12.0. The summed E-state index contributed by atoms with van der Waals surface area (Å²) in [5, 5.41) is 9.13. The van der Waals surface area contributed by atoms with Gasteiger partial charge in [-0.05, 0) is 24.1 Å². The Kier molecular flexibility index (Phi) is 5.26. The quantitative estimate of drug-likeness (QED) is 0.595. The van der Waals surface area contributed by atoms with Crippen LogP contribution in [0, 0.1) is 11.6 Å². The molecule has 2 rings (SSSR count). The van der Waals surface area contributed by atoms with E-state index in [0.29, 0.717) is 17.5 Å². The van der Waals surface area contributed by atoms with E-state index in [9.17, 15) is 13.6 Å². The summed E-state index contributed by atoms with van der Waals surface area (Å²) in [7, 11) is 0. The number of aromatic hydroxyl groups is 1. The molecule has 0 amide bonds. The van der Waals surface area contributed by atoms with Gasteiger partial charge < -0.3 is 5.11 Å². The van der Waals surface area contributed by atoms with Crippen molar-refractivity contribution in [3.63, 3.8) is 0 Å². The number of phenols is 1. The Hall–Kier alpha value is -2.23. The summed E-state index contributed by atoms with van der Waals surface area (Å²) in [6.45, 7) is 2.07. The van der Waals surface area contributed by atoms with Gasteiger partial charge in [0.25, 0.3) is 0 Å². The minimum Gasteiger partial charge on any atom is -0.505 e. The van der Waals surface area contributed by atoms with Crippen LogP contribution in [0.15, 0.2) is 36.4 Å². The van der Waals surface area contributed by atoms with Gasteiger partial charge in [-0.2, -0.15) is 4.39 Å². The highest BCUT2D eigenvalue weighted by Crippen LogP contribution is 2.29. The minimum absolute atomic E-state index is 0.0531. The number of benzene rings is 2. The van der Waals surface area contributed by atoms with Gasteiger partial charge in [0.15, 0.2) is 17.3 Å². The average Bonchev–Trinajstić information content (AvgIpc) is 2.53. The normalized spacial score (nSPS) is 10.7. The van der Waals surface area contributed by atoms with E-state index in [4.69, 9.17) is 5.11 Å². The summed E-state index contributed by atoms with van der Waals surface area (Å²) in [6, 6.07) is 8.83. The Morgan fingerprint density at radius 2 is 1.68 bits per heavy atom. The highest BCUT2D eigenvalue weighted by Gasteiger charge is 2.14. The predicted octanol–water partition coefficient (Wildman–Crippen LogP) is 5.10. The maximum Gasteiger partial charge on any atom is 0.200 e. The van der Waals surface area contributed by atoms with E-state index in [1.54, 1.807) is 24.3 Å². The van der Waals surface area contributed by atoms with Crippen molar-refractivity contribution in [2.75, 3.05) is 0 Å².